The van der Waals surface area contributed by atoms with E-state index in [1.807, 2.05) is 6.07 Å². The summed E-state index contributed by atoms with van der Waals surface area (Å²) in [7, 11) is 0. The summed E-state index contributed by atoms with van der Waals surface area (Å²) in [4.78, 5) is 0. The molecule has 2 aliphatic carbocycles. The fraction of sp³-hybridized carbons (Fsp3) is 0.613. The second-order valence-corrected chi connectivity index (χ2v) is 11.0. The van der Waals surface area contributed by atoms with E-state index in [1.54, 1.807) is 12.1 Å². The van der Waals surface area contributed by atoms with Crippen molar-refractivity contribution in [2.75, 3.05) is 0 Å². The van der Waals surface area contributed by atoms with Crippen molar-refractivity contribution in [3.05, 3.63) is 59.4 Å². The van der Waals surface area contributed by atoms with Crippen molar-refractivity contribution in [3.63, 3.8) is 0 Å². The highest BCUT2D eigenvalue weighted by Crippen LogP contribution is 2.43. The van der Waals surface area contributed by atoms with E-state index in [2.05, 4.69) is 6.92 Å². The van der Waals surface area contributed by atoms with Crippen molar-refractivity contribution in [1.29, 1.82) is 0 Å². The third-order valence-electron chi connectivity index (χ3n) is 8.77. The van der Waals surface area contributed by atoms with Gasteiger partial charge in [0.25, 0.3) is 0 Å². The number of aryl methyl sites for hydroxylation is 1. The lowest BCUT2D eigenvalue weighted by atomic mass is 9.68. The minimum atomic E-state index is -0.948. The Hall–Kier alpha value is -1.77. The van der Waals surface area contributed by atoms with Crippen molar-refractivity contribution < 1.29 is 13.2 Å². The highest BCUT2D eigenvalue weighted by molar-refractivity contribution is 5.64. The SMILES string of the molecule is CCCCC[C@H]1CC[C@H](C2CCC(CCc3ccc(-c4ccc(F)c(F)c4)c(F)c3)CC2)CC1. The molecule has 0 unspecified atom stereocenters. The van der Waals surface area contributed by atoms with E-state index in [0.29, 0.717) is 11.1 Å². The molecule has 186 valence electrons. The maximum absolute atomic E-state index is 14.7. The Balaban J connectivity index is 1.20. The lowest BCUT2D eigenvalue weighted by Crippen LogP contribution is -2.26. The van der Waals surface area contributed by atoms with E-state index < -0.39 is 11.6 Å². The predicted octanol–water partition coefficient (Wildman–Crippen LogP) is 9.90. The summed E-state index contributed by atoms with van der Waals surface area (Å²) >= 11 is 0. The minimum absolute atomic E-state index is 0.322. The lowest BCUT2D eigenvalue weighted by molar-refractivity contribution is 0.140. The van der Waals surface area contributed by atoms with Gasteiger partial charge in [-0.25, -0.2) is 13.2 Å². The molecule has 0 heterocycles. The number of unbranched alkanes of at least 4 members (excludes halogenated alkanes) is 2. The Kier molecular flexibility index (Phi) is 9.14. The van der Waals surface area contributed by atoms with Gasteiger partial charge in [0.05, 0.1) is 0 Å². The molecule has 2 fully saturated rings. The van der Waals surface area contributed by atoms with Gasteiger partial charge in [0.1, 0.15) is 5.82 Å². The molecule has 4 rings (SSSR count). The summed E-state index contributed by atoms with van der Waals surface area (Å²) in [6.45, 7) is 2.29. The maximum atomic E-state index is 14.7. The van der Waals surface area contributed by atoms with Crippen molar-refractivity contribution in [3.8, 4) is 11.1 Å². The van der Waals surface area contributed by atoms with E-state index in [4.69, 9.17) is 0 Å². The zero-order valence-electron chi connectivity index (χ0n) is 20.8. The first-order valence-electron chi connectivity index (χ1n) is 13.8. The molecule has 2 aliphatic rings. The van der Waals surface area contributed by atoms with Crippen LogP contribution in [0.2, 0.25) is 0 Å². The van der Waals surface area contributed by atoms with Crippen molar-refractivity contribution >= 4 is 0 Å². The molecule has 2 aromatic rings. The van der Waals surface area contributed by atoms with Gasteiger partial charge >= 0.3 is 0 Å². The zero-order valence-corrected chi connectivity index (χ0v) is 20.8. The number of hydrogen-bond acceptors (Lipinski definition) is 0. The average molecular weight is 471 g/mol. The number of rotatable bonds is 9. The van der Waals surface area contributed by atoms with Crippen LogP contribution < -0.4 is 0 Å². The molecule has 0 aliphatic heterocycles. The topological polar surface area (TPSA) is 0 Å². The Morgan fingerprint density at radius 1 is 0.647 bits per heavy atom. The Morgan fingerprint density at radius 3 is 1.88 bits per heavy atom. The van der Waals surface area contributed by atoms with Crippen LogP contribution in [0.3, 0.4) is 0 Å². The molecule has 2 saturated carbocycles. The lowest BCUT2D eigenvalue weighted by Gasteiger charge is -2.38. The van der Waals surface area contributed by atoms with Crippen molar-refractivity contribution in [2.24, 2.45) is 23.7 Å². The Labute approximate surface area is 204 Å². The van der Waals surface area contributed by atoms with Gasteiger partial charge < -0.3 is 0 Å². The third kappa shape index (κ3) is 6.67. The normalized spacial score (nSPS) is 25.4. The van der Waals surface area contributed by atoms with E-state index in [1.165, 1.54) is 83.1 Å². The Morgan fingerprint density at radius 2 is 1.29 bits per heavy atom. The molecule has 0 aromatic heterocycles. The van der Waals surface area contributed by atoms with Gasteiger partial charge in [0, 0.05) is 5.56 Å². The van der Waals surface area contributed by atoms with Gasteiger partial charge in [-0.2, -0.15) is 0 Å². The molecule has 0 amide bonds. The fourth-order valence-electron chi connectivity index (χ4n) is 6.56. The van der Waals surface area contributed by atoms with Crippen LogP contribution in [0.1, 0.15) is 96.0 Å². The van der Waals surface area contributed by atoms with Crippen molar-refractivity contribution in [2.45, 2.75) is 96.8 Å². The summed E-state index contributed by atoms with van der Waals surface area (Å²) in [5.41, 5.74) is 1.69. The number of benzene rings is 2. The molecule has 2 aromatic carbocycles. The Bertz CT molecular complexity index is 905. The first-order chi connectivity index (χ1) is 16.5. The van der Waals surface area contributed by atoms with Gasteiger partial charge in [-0.1, -0.05) is 76.5 Å². The predicted molar refractivity (Wildman–Crippen MR) is 135 cm³/mol. The number of hydrogen-bond donors (Lipinski definition) is 0. The van der Waals surface area contributed by atoms with Crippen LogP contribution in [-0.2, 0) is 6.42 Å². The minimum Gasteiger partial charge on any atom is -0.206 e. The van der Waals surface area contributed by atoms with Crippen molar-refractivity contribution in [1.82, 2.24) is 0 Å². The average Bonchev–Trinajstić information content (AvgIpc) is 2.86. The quantitative estimate of drug-likeness (QED) is 0.320. The van der Waals surface area contributed by atoms with E-state index >= 15 is 0 Å². The van der Waals surface area contributed by atoms with Gasteiger partial charge in [-0.05, 0) is 91.5 Å². The summed E-state index contributed by atoms with van der Waals surface area (Å²) in [6, 6.07) is 8.74. The molecular weight excluding hydrogens is 429 g/mol. The molecule has 34 heavy (non-hydrogen) atoms. The van der Waals surface area contributed by atoms with Crippen LogP contribution in [0.5, 0.6) is 0 Å². The second kappa shape index (κ2) is 12.3. The van der Waals surface area contributed by atoms with Gasteiger partial charge in [0.15, 0.2) is 11.6 Å². The van der Waals surface area contributed by atoms with Gasteiger partial charge in [-0.15, -0.1) is 0 Å². The van der Waals surface area contributed by atoms with E-state index in [-0.39, 0.29) is 5.82 Å². The van der Waals surface area contributed by atoms with Crippen LogP contribution in [0, 0.1) is 41.1 Å². The first kappa shape index (κ1) is 25.3. The molecule has 0 bridgehead atoms. The summed E-state index contributed by atoms with van der Waals surface area (Å²) < 4.78 is 41.4. The van der Waals surface area contributed by atoms with Gasteiger partial charge in [-0.3, -0.25) is 0 Å². The summed E-state index contributed by atoms with van der Waals surface area (Å²) in [6.07, 6.45) is 18.8. The summed E-state index contributed by atoms with van der Waals surface area (Å²) in [5.74, 6) is 1.41. The molecule has 0 saturated heterocycles. The highest BCUT2D eigenvalue weighted by atomic mass is 19.2. The van der Waals surface area contributed by atoms with Gasteiger partial charge in [0.2, 0.25) is 0 Å². The monoisotopic (exact) mass is 470 g/mol. The standard InChI is InChI=1S/C31H41F3/c1-2-3-4-5-22-8-13-25(14-9-22)26-15-10-23(11-16-26)6-7-24-12-18-28(30(33)20-24)27-17-19-29(32)31(34)21-27/h12,17-23,25-26H,2-11,13-16H2,1H3/t22-,23?,25-,26?. The molecule has 3 heteroatoms. The second-order valence-electron chi connectivity index (χ2n) is 11.0. The zero-order chi connectivity index (χ0) is 23.9. The molecule has 0 N–H and O–H groups in total. The summed E-state index contributed by atoms with van der Waals surface area (Å²) in [5, 5.41) is 0. The molecule has 0 nitrogen and oxygen atoms in total. The first-order valence-corrected chi connectivity index (χ1v) is 13.8. The van der Waals surface area contributed by atoms with Crippen LogP contribution in [0.25, 0.3) is 11.1 Å². The maximum Gasteiger partial charge on any atom is 0.159 e. The smallest absolute Gasteiger partial charge is 0.159 e. The van der Waals surface area contributed by atoms with E-state index in [0.717, 1.165) is 54.2 Å². The molecule has 0 radical (unpaired) electrons. The van der Waals surface area contributed by atoms with Crippen LogP contribution in [0.4, 0.5) is 13.2 Å². The number of halogens is 3. The molecule has 0 spiro atoms. The fourth-order valence-corrected chi connectivity index (χ4v) is 6.56. The molecule has 0 atom stereocenters. The highest BCUT2D eigenvalue weighted by Gasteiger charge is 2.30. The van der Waals surface area contributed by atoms with Crippen LogP contribution >= 0.6 is 0 Å². The third-order valence-corrected chi connectivity index (χ3v) is 8.77. The van der Waals surface area contributed by atoms with E-state index in [9.17, 15) is 13.2 Å². The molecular formula is C31H41F3. The van der Waals surface area contributed by atoms with Crippen LogP contribution in [0.15, 0.2) is 36.4 Å². The van der Waals surface area contributed by atoms with Crippen LogP contribution in [-0.4, -0.2) is 0 Å². The largest absolute Gasteiger partial charge is 0.206 e.